The Morgan fingerprint density at radius 2 is 2.29 bits per heavy atom. The maximum absolute atomic E-state index is 11.9. The Morgan fingerprint density at radius 3 is 2.95 bits per heavy atom. The summed E-state index contributed by atoms with van der Waals surface area (Å²) in [6, 6.07) is 7.23. The quantitative estimate of drug-likeness (QED) is 0.862. The minimum absolute atomic E-state index is 0.0547. The number of nitrogens with zero attached hydrogens (tertiary/aromatic N) is 1. The van der Waals surface area contributed by atoms with Gasteiger partial charge in [-0.3, -0.25) is 4.79 Å². The first kappa shape index (κ1) is 15.2. The van der Waals surface area contributed by atoms with Crippen LogP contribution in [0.2, 0.25) is 0 Å². The predicted octanol–water partition coefficient (Wildman–Crippen LogP) is 3.14. The standard InChI is InChI=1S/C16H16N2O2S/c1-4-13-6-5-7-14(8-13)17-16(19)10-21-9-15-11(2)18-20-12(15)3/h1,5-8H,9-10H2,2-3H3,(H,17,19). The third-order valence-electron chi connectivity index (χ3n) is 2.97. The van der Waals surface area contributed by atoms with Crippen LogP contribution in [0.3, 0.4) is 0 Å². The summed E-state index contributed by atoms with van der Waals surface area (Å²) in [5, 5.41) is 6.72. The number of thioether (sulfide) groups is 1. The lowest BCUT2D eigenvalue weighted by Gasteiger charge is -2.05. The van der Waals surface area contributed by atoms with Crippen molar-refractivity contribution in [2.75, 3.05) is 11.1 Å². The van der Waals surface area contributed by atoms with Crippen molar-refractivity contribution in [2.45, 2.75) is 19.6 Å². The Hall–Kier alpha value is -2.19. The maximum atomic E-state index is 11.9. The largest absolute Gasteiger partial charge is 0.361 e. The van der Waals surface area contributed by atoms with Gasteiger partial charge in [0.1, 0.15) is 5.76 Å². The number of carbonyl (C=O) groups is 1. The highest BCUT2D eigenvalue weighted by atomic mass is 32.2. The number of rotatable bonds is 5. The summed E-state index contributed by atoms with van der Waals surface area (Å²) in [6.45, 7) is 3.78. The first-order valence-corrected chi connectivity index (χ1v) is 7.61. The SMILES string of the molecule is C#Cc1cccc(NC(=O)CSCc2c(C)noc2C)c1. The van der Waals surface area contributed by atoms with E-state index in [2.05, 4.69) is 16.4 Å². The van der Waals surface area contributed by atoms with Gasteiger partial charge < -0.3 is 9.84 Å². The smallest absolute Gasteiger partial charge is 0.234 e. The fraction of sp³-hybridized carbons (Fsp3) is 0.250. The molecule has 1 heterocycles. The van der Waals surface area contributed by atoms with E-state index in [9.17, 15) is 4.79 Å². The van der Waals surface area contributed by atoms with Gasteiger partial charge in [0.25, 0.3) is 0 Å². The Kier molecular flexibility index (Phi) is 5.07. The van der Waals surface area contributed by atoms with Crippen molar-refractivity contribution in [1.82, 2.24) is 5.16 Å². The molecule has 21 heavy (non-hydrogen) atoms. The second kappa shape index (κ2) is 7.00. The molecule has 0 fully saturated rings. The van der Waals surface area contributed by atoms with Crippen LogP contribution in [-0.4, -0.2) is 16.8 Å². The molecule has 0 atom stereocenters. The van der Waals surface area contributed by atoms with E-state index in [1.807, 2.05) is 32.0 Å². The summed E-state index contributed by atoms with van der Waals surface area (Å²) in [4.78, 5) is 11.9. The van der Waals surface area contributed by atoms with Crippen LogP contribution < -0.4 is 5.32 Å². The first-order chi connectivity index (χ1) is 10.1. The predicted molar refractivity (Wildman–Crippen MR) is 85.1 cm³/mol. The van der Waals surface area contributed by atoms with Crippen molar-refractivity contribution in [1.29, 1.82) is 0 Å². The fourth-order valence-corrected chi connectivity index (χ4v) is 2.81. The average Bonchev–Trinajstić information content (AvgIpc) is 2.79. The van der Waals surface area contributed by atoms with Gasteiger partial charge in [0.2, 0.25) is 5.91 Å². The molecule has 108 valence electrons. The van der Waals surface area contributed by atoms with Crippen molar-refractivity contribution in [3.05, 3.63) is 46.8 Å². The number of hydrogen-bond donors (Lipinski definition) is 1. The average molecular weight is 300 g/mol. The summed E-state index contributed by atoms with van der Waals surface area (Å²) in [5.41, 5.74) is 3.40. The second-order valence-corrected chi connectivity index (χ2v) is 5.55. The van der Waals surface area contributed by atoms with Crippen LogP contribution >= 0.6 is 11.8 Å². The molecule has 0 aliphatic carbocycles. The normalized spacial score (nSPS) is 10.1. The maximum Gasteiger partial charge on any atom is 0.234 e. The lowest BCUT2D eigenvalue weighted by Crippen LogP contribution is -2.14. The second-order valence-electron chi connectivity index (χ2n) is 4.57. The number of hydrogen-bond acceptors (Lipinski definition) is 4. The molecular formula is C16H16N2O2S. The highest BCUT2D eigenvalue weighted by Crippen LogP contribution is 2.19. The number of aromatic nitrogens is 1. The number of nitrogens with one attached hydrogen (secondary N) is 1. The molecule has 4 nitrogen and oxygen atoms in total. The van der Waals surface area contributed by atoms with Crippen LogP contribution in [-0.2, 0) is 10.5 Å². The van der Waals surface area contributed by atoms with Gasteiger partial charge in [-0.2, -0.15) is 0 Å². The van der Waals surface area contributed by atoms with Gasteiger partial charge in [0.05, 0.1) is 11.4 Å². The molecule has 0 aliphatic rings. The molecule has 2 aromatic rings. The number of terminal acetylenes is 1. The molecule has 0 unspecified atom stereocenters. The zero-order chi connectivity index (χ0) is 15.2. The molecular weight excluding hydrogens is 284 g/mol. The van der Waals surface area contributed by atoms with Gasteiger partial charge >= 0.3 is 0 Å². The molecule has 1 N–H and O–H groups in total. The minimum atomic E-state index is -0.0547. The van der Waals surface area contributed by atoms with Gasteiger partial charge in [0, 0.05) is 22.6 Å². The van der Waals surface area contributed by atoms with E-state index in [0.717, 1.165) is 22.6 Å². The highest BCUT2D eigenvalue weighted by molar-refractivity contribution is 7.99. The van der Waals surface area contributed by atoms with Crippen molar-refractivity contribution in [3.63, 3.8) is 0 Å². The lowest BCUT2D eigenvalue weighted by molar-refractivity contribution is -0.113. The van der Waals surface area contributed by atoms with Crippen molar-refractivity contribution in [3.8, 4) is 12.3 Å². The zero-order valence-corrected chi connectivity index (χ0v) is 12.8. The molecule has 5 heteroatoms. The van der Waals surface area contributed by atoms with Gasteiger partial charge in [-0.15, -0.1) is 18.2 Å². The third-order valence-corrected chi connectivity index (χ3v) is 3.93. The van der Waals surface area contributed by atoms with E-state index in [-0.39, 0.29) is 5.91 Å². The van der Waals surface area contributed by atoms with Crippen LogP contribution in [0.1, 0.15) is 22.6 Å². The Bertz CT molecular complexity index is 666. The number of aryl methyl sites for hydroxylation is 2. The monoisotopic (exact) mass is 300 g/mol. The number of benzene rings is 1. The molecule has 1 amide bonds. The van der Waals surface area contributed by atoms with E-state index in [1.165, 1.54) is 11.8 Å². The van der Waals surface area contributed by atoms with Crippen molar-refractivity contribution >= 4 is 23.4 Å². The topological polar surface area (TPSA) is 55.1 Å². The lowest BCUT2D eigenvalue weighted by atomic mass is 10.2. The van der Waals surface area contributed by atoms with E-state index in [4.69, 9.17) is 10.9 Å². The summed E-state index contributed by atoms with van der Waals surface area (Å²) >= 11 is 1.52. The minimum Gasteiger partial charge on any atom is -0.361 e. The number of amides is 1. The van der Waals surface area contributed by atoms with Gasteiger partial charge in [-0.05, 0) is 32.0 Å². The first-order valence-electron chi connectivity index (χ1n) is 6.46. The molecule has 0 saturated carbocycles. The van der Waals surface area contributed by atoms with E-state index >= 15 is 0 Å². The fourth-order valence-electron chi connectivity index (χ4n) is 1.84. The van der Waals surface area contributed by atoms with Crippen LogP contribution in [0.15, 0.2) is 28.8 Å². The van der Waals surface area contributed by atoms with E-state index in [1.54, 1.807) is 6.07 Å². The highest BCUT2D eigenvalue weighted by Gasteiger charge is 2.10. The van der Waals surface area contributed by atoms with Gasteiger partial charge in [0.15, 0.2) is 0 Å². The van der Waals surface area contributed by atoms with E-state index < -0.39 is 0 Å². The molecule has 2 rings (SSSR count). The van der Waals surface area contributed by atoms with Crippen molar-refractivity contribution < 1.29 is 9.32 Å². The summed E-state index contributed by atoms with van der Waals surface area (Å²) in [5.74, 6) is 4.37. The van der Waals surface area contributed by atoms with Crippen LogP contribution in [0.5, 0.6) is 0 Å². The Labute approximate surface area is 128 Å². The van der Waals surface area contributed by atoms with Crippen LogP contribution in [0.4, 0.5) is 5.69 Å². The van der Waals surface area contributed by atoms with Crippen LogP contribution in [0, 0.1) is 26.2 Å². The van der Waals surface area contributed by atoms with Crippen LogP contribution in [0.25, 0.3) is 0 Å². The number of carbonyl (C=O) groups excluding carboxylic acids is 1. The molecule has 1 aromatic heterocycles. The Morgan fingerprint density at radius 1 is 1.48 bits per heavy atom. The van der Waals surface area contributed by atoms with Crippen molar-refractivity contribution in [2.24, 2.45) is 0 Å². The number of anilines is 1. The zero-order valence-electron chi connectivity index (χ0n) is 12.0. The van der Waals surface area contributed by atoms with Gasteiger partial charge in [-0.25, -0.2) is 0 Å². The summed E-state index contributed by atoms with van der Waals surface area (Å²) in [6.07, 6.45) is 5.33. The molecule has 1 aromatic carbocycles. The molecule has 0 spiro atoms. The molecule has 0 radical (unpaired) electrons. The Balaban J connectivity index is 1.84. The summed E-state index contributed by atoms with van der Waals surface area (Å²) in [7, 11) is 0. The molecule has 0 saturated heterocycles. The third kappa shape index (κ3) is 4.14. The van der Waals surface area contributed by atoms with E-state index in [0.29, 0.717) is 17.2 Å². The summed E-state index contributed by atoms with van der Waals surface area (Å²) < 4.78 is 5.09. The van der Waals surface area contributed by atoms with Gasteiger partial charge in [-0.1, -0.05) is 17.1 Å². The molecule has 0 aliphatic heterocycles. The molecule has 0 bridgehead atoms.